The summed E-state index contributed by atoms with van der Waals surface area (Å²) in [6, 6.07) is 23.4. The molecule has 3 aromatic rings. The third kappa shape index (κ3) is 6.60. The molecule has 0 aliphatic rings. The van der Waals surface area contributed by atoms with Crippen LogP contribution in [-0.2, 0) is 26.2 Å². The lowest BCUT2D eigenvalue weighted by Gasteiger charge is -2.27. The van der Waals surface area contributed by atoms with E-state index in [9.17, 15) is 18.0 Å². The summed E-state index contributed by atoms with van der Waals surface area (Å²) in [6.07, 6.45) is -0.0684. The van der Waals surface area contributed by atoms with Gasteiger partial charge in [0.1, 0.15) is 13.2 Å². The molecule has 1 atom stereocenters. The van der Waals surface area contributed by atoms with Gasteiger partial charge < -0.3 is 4.74 Å². The molecular formula is C26H27NO5S. The van der Waals surface area contributed by atoms with Crippen LogP contribution in [0.1, 0.15) is 34.8 Å². The van der Waals surface area contributed by atoms with Crippen LogP contribution in [0.15, 0.2) is 89.8 Å². The fraction of sp³-hybridized carbons (Fsp3) is 0.231. The van der Waals surface area contributed by atoms with Gasteiger partial charge in [0.2, 0.25) is 10.0 Å². The number of nitrogens with zero attached hydrogens (tertiary/aromatic N) is 1. The van der Waals surface area contributed by atoms with E-state index in [4.69, 9.17) is 4.74 Å². The number of ketones is 1. The second-order valence-electron chi connectivity index (χ2n) is 7.85. The van der Waals surface area contributed by atoms with E-state index in [0.717, 1.165) is 15.4 Å². The Morgan fingerprint density at radius 1 is 0.879 bits per heavy atom. The zero-order chi connectivity index (χ0) is 23.8. The third-order valence-electron chi connectivity index (χ3n) is 5.22. The van der Waals surface area contributed by atoms with Gasteiger partial charge in [-0.3, -0.25) is 9.59 Å². The molecule has 0 saturated carbocycles. The summed E-state index contributed by atoms with van der Waals surface area (Å²) in [5, 5.41) is 0. The Balaban J connectivity index is 1.81. The molecule has 172 valence electrons. The average molecular weight is 466 g/mol. The van der Waals surface area contributed by atoms with E-state index in [1.165, 1.54) is 12.1 Å². The summed E-state index contributed by atoms with van der Waals surface area (Å²) in [4.78, 5) is 25.4. The van der Waals surface area contributed by atoms with Crippen molar-refractivity contribution in [1.82, 2.24) is 4.31 Å². The van der Waals surface area contributed by atoms with E-state index < -0.39 is 28.6 Å². The molecule has 0 aliphatic carbocycles. The molecule has 0 fully saturated rings. The maximum Gasteiger partial charge on any atom is 0.321 e. The molecule has 0 bridgehead atoms. The molecule has 0 heterocycles. The van der Waals surface area contributed by atoms with Gasteiger partial charge in [-0.25, -0.2) is 8.42 Å². The van der Waals surface area contributed by atoms with Gasteiger partial charge >= 0.3 is 5.97 Å². The van der Waals surface area contributed by atoms with Gasteiger partial charge in [-0.1, -0.05) is 78.4 Å². The Kier molecular flexibility index (Phi) is 8.14. The number of hydrogen-bond donors (Lipinski definition) is 0. The van der Waals surface area contributed by atoms with Crippen LogP contribution in [0.4, 0.5) is 0 Å². The fourth-order valence-electron chi connectivity index (χ4n) is 3.35. The maximum absolute atomic E-state index is 13.4. The molecule has 6 nitrogen and oxygen atoms in total. The van der Waals surface area contributed by atoms with Gasteiger partial charge in [-0.15, -0.1) is 0 Å². The average Bonchev–Trinajstić information content (AvgIpc) is 2.82. The first-order valence-corrected chi connectivity index (χ1v) is 12.1. The van der Waals surface area contributed by atoms with Crippen LogP contribution >= 0.6 is 0 Å². The summed E-state index contributed by atoms with van der Waals surface area (Å²) >= 11 is 0. The lowest BCUT2D eigenvalue weighted by atomic mass is 10.0. The number of ether oxygens (including phenoxy) is 1. The van der Waals surface area contributed by atoms with Crippen molar-refractivity contribution in [3.05, 3.63) is 102 Å². The third-order valence-corrected chi connectivity index (χ3v) is 7.20. The minimum Gasteiger partial charge on any atom is -0.460 e. The fourth-order valence-corrected chi connectivity index (χ4v) is 4.92. The smallest absolute Gasteiger partial charge is 0.321 e. The number of Topliss-reactive ketones (excluding diaryl/α,β-unsaturated/α-hetero) is 1. The molecule has 0 amide bonds. The van der Waals surface area contributed by atoms with Crippen molar-refractivity contribution in [2.24, 2.45) is 0 Å². The van der Waals surface area contributed by atoms with Gasteiger partial charge in [0, 0.05) is 18.0 Å². The van der Waals surface area contributed by atoms with E-state index in [0.29, 0.717) is 5.56 Å². The minimum atomic E-state index is -4.04. The lowest BCUT2D eigenvalue weighted by Crippen LogP contribution is -2.43. The van der Waals surface area contributed by atoms with Gasteiger partial charge in [-0.05, 0) is 31.5 Å². The standard InChI is InChI=1S/C26H27NO5S/c1-20-13-15-24(16-14-20)33(30,31)27(18-26(29)32-19-22-9-5-3-6-10-22)21(2)17-25(28)23-11-7-4-8-12-23/h3-16,21H,17-19H2,1-2H3/t21-/m0/s1. The number of aryl methyl sites for hydroxylation is 1. The number of sulfonamides is 1. The first-order chi connectivity index (χ1) is 15.8. The van der Waals surface area contributed by atoms with Crippen LogP contribution in [-0.4, -0.2) is 37.1 Å². The molecular weight excluding hydrogens is 438 g/mol. The van der Waals surface area contributed by atoms with E-state index in [2.05, 4.69) is 0 Å². The van der Waals surface area contributed by atoms with Crippen molar-refractivity contribution >= 4 is 21.8 Å². The van der Waals surface area contributed by atoms with Crippen LogP contribution in [0, 0.1) is 6.92 Å². The Morgan fingerprint density at radius 2 is 1.45 bits per heavy atom. The monoisotopic (exact) mass is 465 g/mol. The number of benzene rings is 3. The second-order valence-corrected chi connectivity index (χ2v) is 9.74. The molecule has 0 radical (unpaired) electrons. The van der Waals surface area contributed by atoms with E-state index in [-0.39, 0.29) is 23.7 Å². The normalized spacial score (nSPS) is 12.3. The Labute approximate surface area is 194 Å². The number of carbonyl (C=O) groups excluding carboxylic acids is 2. The summed E-state index contributed by atoms with van der Waals surface area (Å²) in [7, 11) is -4.04. The van der Waals surface area contributed by atoms with Crippen molar-refractivity contribution < 1.29 is 22.7 Å². The van der Waals surface area contributed by atoms with Gasteiger partial charge in [0.15, 0.2) is 5.78 Å². The predicted molar refractivity (Wildman–Crippen MR) is 126 cm³/mol. The van der Waals surface area contributed by atoms with Crippen LogP contribution in [0.25, 0.3) is 0 Å². The SMILES string of the molecule is Cc1ccc(S(=O)(=O)N(CC(=O)OCc2ccccc2)[C@@H](C)CC(=O)c2ccccc2)cc1. The predicted octanol–water partition coefficient (Wildman–Crippen LogP) is 4.39. The van der Waals surface area contributed by atoms with E-state index >= 15 is 0 Å². The van der Waals surface area contributed by atoms with Crippen molar-refractivity contribution in [1.29, 1.82) is 0 Å². The topological polar surface area (TPSA) is 80.8 Å². The van der Waals surface area contributed by atoms with Gasteiger partial charge in [0.05, 0.1) is 4.90 Å². The molecule has 33 heavy (non-hydrogen) atoms. The van der Waals surface area contributed by atoms with Crippen molar-refractivity contribution in [2.75, 3.05) is 6.54 Å². The quantitative estimate of drug-likeness (QED) is 0.328. The highest BCUT2D eigenvalue weighted by Gasteiger charge is 2.32. The van der Waals surface area contributed by atoms with E-state index in [1.54, 1.807) is 49.4 Å². The van der Waals surface area contributed by atoms with Crippen LogP contribution in [0.5, 0.6) is 0 Å². The van der Waals surface area contributed by atoms with Crippen molar-refractivity contribution in [2.45, 2.75) is 37.8 Å². The summed E-state index contributed by atoms with van der Waals surface area (Å²) in [5.74, 6) is -0.890. The second kappa shape index (κ2) is 11.0. The molecule has 0 spiro atoms. The Morgan fingerprint density at radius 3 is 2.06 bits per heavy atom. The molecule has 7 heteroatoms. The highest BCUT2D eigenvalue weighted by Crippen LogP contribution is 2.21. The molecule has 0 saturated heterocycles. The minimum absolute atomic E-state index is 0.0371. The largest absolute Gasteiger partial charge is 0.460 e. The molecule has 3 rings (SSSR count). The Bertz CT molecular complexity index is 1180. The number of hydrogen-bond acceptors (Lipinski definition) is 5. The zero-order valence-electron chi connectivity index (χ0n) is 18.7. The summed E-state index contributed by atoms with van der Waals surface area (Å²) in [6.45, 7) is 3.02. The number of esters is 1. The van der Waals surface area contributed by atoms with Gasteiger partial charge in [-0.2, -0.15) is 4.31 Å². The van der Waals surface area contributed by atoms with Crippen molar-refractivity contribution in [3.63, 3.8) is 0 Å². The molecule has 0 aromatic heterocycles. The molecule has 0 N–H and O–H groups in total. The first kappa shape index (κ1) is 24.4. The number of rotatable bonds is 10. The van der Waals surface area contributed by atoms with Gasteiger partial charge in [0.25, 0.3) is 0 Å². The summed E-state index contributed by atoms with van der Waals surface area (Å²) < 4.78 is 33.2. The number of carbonyl (C=O) groups is 2. The van der Waals surface area contributed by atoms with Crippen LogP contribution in [0.2, 0.25) is 0 Å². The van der Waals surface area contributed by atoms with Crippen molar-refractivity contribution in [3.8, 4) is 0 Å². The summed E-state index contributed by atoms with van der Waals surface area (Å²) in [5.41, 5.74) is 2.20. The Hall–Kier alpha value is -3.29. The highest BCUT2D eigenvalue weighted by atomic mass is 32.2. The molecule has 3 aromatic carbocycles. The first-order valence-electron chi connectivity index (χ1n) is 10.6. The molecule has 0 aliphatic heterocycles. The van der Waals surface area contributed by atoms with E-state index in [1.807, 2.05) is 37.3 Å². The lowest BCUT2D eigenvalue weighted by molar-refractivity contribution is -0.145. The van der Waals surface area contributed by atoms with Crippen LogP contribution in [0.3, 0.4) is 0 Å². The maximum atomic E-state index is 13.4. The highest BCUT2D eigenvalue weighted by molar-refractivity contribution is 7.89. The zero-order valence-corrected chi connectivity index (χ0v) is 19.5. The van der Waals surface area contributed by atoms with Crippen LogP contribution < -0.4 is 0 Å². The molecule has 0 unspecified atom stereocenters.